The smallest absolute Gasteiger partial charge is 0.258 e. The number of aromatic nitrogens is 2. The Bertz CT molecular complexity index is 1470. The molecule has 3 aromatic carbocycles. The fraction of sp³-hybridized carbons (Fsp3) is 0.259. The lowest BCUT2D eigenvalue weighted by molar-refractivity contribution is 0.0601. The molecule has 4 aromatic rings. The fourth-order valence-corrected chi connectivity index (χ4v) is 5.09. The van der Waals surface area contributed by atoms with Crippen molar-refractivity contribution in [2.24, 2.45) is 0 Å². The summed E-state index contributed by atoms with van der Waals surface area (Å²) in [5, 5.41) is 0.609. The van der Waals surface area contributed by atoms with Gasteiger partial charge in [0, 0.05) is 11.6 Å². The van der Waals surface area contributed by atoms with E-state index in [0.29, 0.717) is 34.9 Å². The van der Waals surface area contributed by atoms with Gasteiger partial charge in [-0.3, -0.25) is 4.79 Å². The second-order valence-corrected chi connectivity index (χ2v) is 9.41. The number of carbonyl (C=O) groups is 1. The minimum Gasteiger partial charge on any atom is -0.494 e. The van der Waals surface area contributed by atoms with Crippen LogP contribution in [0, 0.1) is 18.6 Å². The van der Waals surface area contributed by atoms with E-state index in [2.05, 4.69) is 4.98 Å². The molecule has 0 spiro atoms. The van der Waals surface area contributed by atoms with Gasteiger partial charge in [0.2, 0.25) is 0 Å². The number of hydrogen-bond donors (Lipinski definition) is 1. The van der Waals surface area contributed by atoms with Crippen molar-refractivity contribution in [1.82, 2.24) is 14.9 Å². The maximum atomic E-state index is 15.6. The molecule has 0 bridgehead atoms. The molecule has 1 amide bonds. The zero-order valence-corrected chi connectivity index (χ0v) is 20.3. The summed E-state index contributed by atoms with van der Waals surface area (Å²) in [4.78, 5) is 23.8. The second kappa shape index (κ2) is 8.64. The number of halogens is 3. The van der Waals surface area contributed by atoms with Gasteiger partial charge < -0.3 is 14.6 Å². The highest BCUT2D eigenvalue weighted by molar-refractivity contribution is 6.32. The molecular formula is C27H24ClF2N3O2. The van der Waals surface area contributed by atoms with Gasteiger partial charge in [0.05, 0.1) is 29.2 Å². The number of benzene rings is 3. The topological polar surface area (TPSA) is 58.2 Å². The van der Waals surface area contributed by atoms with E-state index in [1.807, 2.05) is 19.9 Å². The Labute approximate surface area is 206 Å². The van der Waals surface area contributed by atoms with Crippen molar-refractivity contribution in [2.45, 2.75) is 32.2 Å². The lowest BCUT2D eigenvalue weighted by Crippen LogP contribution is -2.44. The minimum absolute atomic E-state index is 0.0524. The van der Waals surface area contributed by atoms with Crippen molar-refractivity contribution < 1.29 is 18.3 Å². The van der Waals surface area contributed by atoms with Gasteiger partial charge in [-0.1, -0.05) is 23.7 Å². The van der Waals surface area contributed by atoms with E-state index < -0.39 is 23.1 Å². The molecule has 1 aliphatic heterocycles. The number of fused-ring (bicyclic) bond motifs is 1. The number of carbonyl (C=O) groups excluding carboxylic acids is 1. The van der Waals surface area contributed by atoms with Crippen LogP contribution in [0.15, 0.2) is 48.5 Å². The number of aryl methyl sites for hydroxylation is 1. The first kappa shape index (κ1) is 23.3. The third-order valence-electron chi connectivity index (χ3n) is 6.91. The third-order valence-corrected chi connectivity index (χ3v) is 7.32. The predicted molar refractivity (Wildman–Crippen MR) is 132 cm³/mol. The normalized spacial score (nSPS) is 17.8. The molecule has 35 heavy (non-hydrogen) atoms. The van der Waals surface area contributed by atoms with E-state index in [9.17, 15) is 9.18 Å². The molecule has 1 unspecified atom stereocenters. The van der Waals surface area contributed by atoms with Gasteiger partial charge in [0.15, 0.2) is 11.6 Å². The monoisotopic (exact) mass is 495 g/mol. The molecular weight excluding hydrogens is 472 g/mol. The standard InChI is InChI=1S/C27H24ClF2N3O2/c1-15-19(28)9-10-20-24(15)32-26(31-20)27(2)12-5-13-33(27)25(34)22-18(8-11-21(35-3)23(22)30)16-6-4-7-17(29)14-16/h4,6-11,14H,5,12-13H2,1-3H3,(H,31,32). The number of hydrogen-bond acceptors (Lipinski definition) is 3. The summed E-state index contributed by atoms with van der Waals surface area (Å²) in [6.45, 7) is 4.24. The van der Waals surface area contributed by atoms with Crippen LogP contribution in [0.1, 0.15) is 41.5 Å². The maximum Gasteiger partial charge on any atom is 0.258 e. The van der Waals surface area contributed by atoms with Crippen molar-refractivity contribution in [3.63, 3.8) is 0 Å². The van der Waals surface area contributed by atoms with Crippen molar-refractivity contribution in [2.75, 3.05) is 13.7 Å². The number of nitrogens with one attached hydrogen (secondary N) is 1. The van der Waals surface area contributed by atoms with E-state index in [4.69, 9.17) is 21.3 Å². The Morgan fingerprint density at radius 2 is 2.00 bits per heavy atom. The first-order chi connectivity index (χ1) is 16.7. The van der Waals surface area contributed by atoms with Crippen LogP contribution >= 0.6 is 11.6 Å². The Kier molecular flexibility index (Phi) is 5.75. The predicted octanol–water partition coefficient (Wildman–Crippen LogP) is 6.63. The summed E-state index contributed by atoms with van der Waals surface area (Å²) >= 11 is 6.28. The van der Waals surface area contributed by atoms with Gasteiger partial charge in [-0.25, -0.2) is 13.8 Å². The molecule has 8 heteroatoms. The van der Waals surface area contributed by atoms with E-state index in [-0.39, 0.29) is 11.3 Å². The van der Waals surface area contributed by atoms with E-state index in [1.165, 1.54) is 31.4 Å². The van der Waals surface area contributed by atoms with Crippen molar-refractivity contribution in [1.29, 1.82) is 0 Å². The van der Waals surface area contributed by atoms with Crippen LogP contribution in [-0.4, -0.2) is 34.4 Å². The Morgan fingerprint density at radius 1 is 1.20 bits per heavy atom. The molecule has 2 heterocycles. The number of aromatic amines is 1. The number of ether oxygens (including phenoxy) is 1. The Morgan fingerprint density at radius 3 is 2.74 bits per heavy atom. The van der Waals surface area contributed by atoms with Gasteiger partial charge in [-0.2, -0.15) is 0 Å². The maximum absolute atomic E-state index is 15.6. The molecule has 5 nitrogen and oxygen atoms in total. The molecule has 0 aliphatic carbocycles. The van der Waals surface area contributed by atoms with Gasteiger partial charge in [-0.15, -0.1) is 0 Å². The molecule has 180 valence electrons. The highest BCUT2D eigenvalue weighted by Crippen LogP contribution is 2.41. The zero-order chi connectivity index (χ0) is 24.9. The van der Waals surface area contributed by atoms with Crippen molar-refractivity contribution >= 4 is 28.5 Å². The van der Waals surface area contributed by atoms with Crippen LogP contribution in [0.3, 0.4) is 0 Å². The molecule has 5 rings (SSSR count). The highest BCUT2D eigenvalue weighted by Gasteiger charge is 2.45. The quantitative estimate of drug-likeness (QED) is 0.345. The van der Waals surface area contributed by atoms with Crippen LogP contribution < -0.4 is 4.74 Å². The summed E-state index contributed by atoms with van der Waals surface area (Å²) in [5.41, 5.74) is 2.15. The summed E-state index contributed by atoms with van der Waals surface area (Å²) < 4.78 is 34.8. The number of likely N-dealkylation sites (tertiary alicyclic amines) is 1. The number of amides is 1. The van der Waals surface area contributed by atoms with Gasteiger partial charge >= 0.3 is 0 Å². The van der Waals surface area contributed by atoms with E-state index in [0.717, 1.165) is 23.0 Å². The van der Waals surface area contributed by atoms with E-state index >= 15 is 4.39 Å². The van der Waals surface area contributed by atoms with Crippen LogP contribution in [0.4, 0.5) is 8.78 Å². The van der Waals surface area contributed by atoms with Gasteiger partial charge in [0.25, 0.3) is 5.91 Å². The summed E-state index contributed by atoms with van der Waals surface area (Å²) in [5.74, 6) is -1.20. The molecule has 1 N–H and O–H groups in total. The lowest BCUT2D eigenvalue weighted by Gasteiger charge is -2.34. The van der Waals surface area contributed by atoms with E-state index in [1.54, 1.807) is 23.1 Å². The number of imidazole rings is 1. The molecule has 1 saturated heterocycles. The van der Waals surface area contributed by atoms with Crippen molar-refractivity contribution in [3.8, 4) is 16.9 Å². The van der Waals surface area contributed by atoms with Gasteiger partial charge in [0.1, 0.15) is 11.6 Å². The molecule has 1 fully saturated rings. The first-order valence-corrected chi connectivity index (χ1v) is 11.7. The molecule has 0 radical (unpaired) electrons. The SMILES string of the molecule is COc1ccc(-c2cccc(F)c2)c(C(=O)N2CCCC2(C)c2nc3c(C)c(Cl)ccc3[nH]2)c1F. The molecule has 1 aliphatic rings. The zero-order valence-electron chi connectivity index (χ0n) is 19.6. The average Bonchev–Trinajstić information content (AvgIpc) is 3.46. The van der Waals surface area contributed by atoms with Crippen LogP contribution in [0.2, 0.25) is 5.02 Å². The average molecular weight is 496 g/mol. The van der Waals surface area contributed by atoms with Crippen LogP contribution in [0.25, 0.3) is 22.2 Å². The second-order valence-electron chi connectivity index (χ2n) is 9.00. The highest BCUT2D eigenvalue weighted by atomic mass is 35.5. The van der Waals surface area contributed by atoms with Crippen molar-refractivity contribution in [3.05, 3.63) is 82.1 Å². The largest absolute Gasteiger partial charge is 0.494 e. The fourth-order valence-electron chi connectivity index (χ4n) is 4.93. The molecule has 0 saturated carbocycles. The lowest BCUT2D eigenvalue weighted by atomic mass is 9.94. The summed E-state index contributed by atoms with van der Waals surface area (Å²) in [6, 6.07) is 12.5. The number of H-pyrrole nitrogens is 1. The molecule has 1 atom stereocenters. The third kappa shape index (κ3) is 3.74. The molecule has 1 aromatic heterocycles. The van der Waals surface area contributed by atoms with Gasteiger partial charge in [-0.05, 0) is 79.8 Å². The number of rotatable bonds is 4. The van der Waals surface area contributed by atoms with Crippen LogP contribution in [0.5, 0.6) is 5.75 Å². The van der Waals surface area contributed by atoms with Crippen LogP contribution in [-0.2, 0) is 5.54 Å². The number of nitrogens with zero attached hydrogens (tertiary/aromatic N) is 2. The Balaban J connectivity index is 1.64. The summed E-state index contributed by atoms with van der Waals surface area (Å²) in [7, 11) is 1.34. The minimum atomic E-state index is -0.802. The number of methoxy groups -OCH3 is 1. The summed E-state index contributed by atoms with van der Waals surface area (Å²) in [6.07, 6.45) is 1.37. The first-order valence-electron chi connectivity index (χ1n) is 11.3. The Hall–Kier alpha value is -3.45.